The number of rotatable bonds is 3. The maximum atomic E-state index is 12.3. The van der Waals surface area contributed by atoms with Gasteiger partial charge in [0.2, 0.25) is 0 Å². The smallest absolute Gasteiger partial charge is 0.348 e. The molecular formula is C19H24O5. The summed E-state index contributed by atoms with van der Waals surface area (Å²) in [5, 5.41) is 20.3. The Kier molecular flexibility index (Phi) is 5.26. The van der Waals surface area contributed by atoms with Crippen LogP contribution in [-0.2, 0) is 14.3 Å². The van der Waals surface area contributed by atoms with Gasteiger partial charge in [0.1, 0.15) is 0 Å². The minimum absolute atomic E-state index is 0.0623. The number of benzene rings is 1. The molecule has 5 nitrogen and oxygen atoms in total. The molecule has 2 rings (SSSR count). The lowest BCUT2D eigenvalue weighted by Crippen LogP contribution is -2.52. The molecule has 0 saturated heterocycles. The molecule has 1 saturated carbocycles. The Morgan fingerprint density at radius 2 is 1.79 bits per heavy atom. The van der Waals surface area contributed by atoms with Gasteiger partial charge in [-0.05, 0) is 56.7 Å². The van der Waals surface area contributed by atoms with Crippen molar-refractivity contribution in [2.24, 2.45) is 0 Å². The van der Waals surface area contributed by atoms with Crippen molar-refractivity contribution in [1.82, 2.24) is 0 Å². The van der Waals surface area contributed by atoms with Gasteiger partial charge in [-0.15, -0.1) is 0 Å². The topological polar surface area (TPSA) is 83.8 Å². The van der Waals surface area contributed by atoms with Gasteiger partial charge in [-0.2, -0.15) is 0 Å². The fourth-order valence-corrected chi connectivity index (χ4v) is 3.37. The first-order valence-corrected chi connectivity index (χ1v) is 8.11. The minimum atomic E-state index is -2.02. The van der Waals surface area contributed by atoms with E-state index >= 15 is 0 Å². The van der Waals surface area contributed by atoms with Crippen LogP contribution in [0.5, 0.6) is 0 Å². The van der Waals surface area contributed by atoms with Crippen LogP contribution in [-0.4, -0.2) is 33.9 Å². The highest BCUT2D eigenvalue weighted by Crippen LogP contribution is 2.31. The number of aliphatic hydroxyl groups is 2. The van der Waals surface area contributed by atoms with E-state index in [9.17, 15) is 19.8 Å². The van der Waals surface area contributed by atoms with Crippen LogP contribution in [0, 0.1) is 20.8 Å². The summed E-state index contributed by atoms with van der Waals surface area (Å²) in [7, 11) is 0. The standard InChI is InChI=1S/C19H24O5/c1-11-9-12(2)16(13(3)10-11)14(4)17(21)24-18(22)19(23)8-6-5-7-15(19)20/h9-10,15,20,23H,4-8H2,1-3H3. The zero-order chi connectivity index (χ0) is 18.1. The van der Waals surface area contributed by atoms with Crippen molar-refractivity contribution in [3.8, 4) is 0 Å². The third-order valence-electron chi connectivity index (χ3n) is 4.60. The quantitative estimate of drug-likeness (QED) is 0.504. The molecule has 5 heteroatoms. The molecule has 1 aromatic carbocycles. The van der Waals surface area contributed by atoms with Crippen molar-refractivity contribution in [3.63, 3.8) is 0 Å². The molecule has 0 spiro atoms. The Bertz CT molecular complexity index is 668. The van der Waals surface area contributed by atoms with Crippen LogP contribution < -0.4 is 0 Å². The van der Waals surface area contributed by atoms with E-state index in [0.29, 0.717) is 18.4 Å². The van der Waals surface area contributed by atoms with Crippen molar-refractivity contribution in [1.29, 1.82) is 0 Å². The van der Waals surface area contributed by atoms with Crippen LogP contribution in [0.15, 0.2) is 18.7 Å². The summed E-state index contributed by atoms with van der Waals surface area (Å²) in [6.45, 7) is 9.41. The first kappa shape index (κ1) is 18.4. The van der Waals surface area contributed by atoms with Gasteiger partial charge in [0, 0.05) is 0 Å². The summed E-state index contributed by atoms with van der Waals surface area (Å²) in [4.78, 5) is 24.5. The lowest BCUT2D eigenvalue weighted by Gasteiger charge is -2.34. The summed E-state index contributed by atoms with van der Waals surface area (Å²) >= 11 is 0. The highest BCUT2D eigenvalue weighted by molar-refractivity contribution is 6.19. The van der Waals surface area contributed by atoms with Gasteiger partial charge in [0.25, 0.3) is 0 Å². The van der Waals surface area contributed by atoms with Crippen LogP contribution in [0.1, 0.15) is 47.9 Å². The molecule has 2 atom stereocenters. The van der Waals surface area contributed by atoms with Gasteiger partial charge in [-0.25, -0.2) is 9.59 Å². The summed E-state index contributed by atoms with van der Waals surface area (Å²) in [6.07, 6.45) is 0.474. The van der Waals surface area contributed by atoms with Crippen molar-refractivity contribution >= 4 is 17.5 Å². The highest BCUT2D eigenvalue weighted by atomic mass is 16.6. The zero-order valence-electron chi connectivity index (χ0n) is 14.4. The van der Waals surface area contributed by atoms with Gasteiger partial charge in [0.15, 0.2) is 5.60 Å². The van der Waals surface area contributed by atoms with Gasteiger partial charge in [-0.3, -0.25) is 0 Å². The average Bonchev–Trinajstić information content (AvgIpc) is 2.49. The molecule has 1 aromatic rings. The Balaban J connectivity index is 2.18. The SMILES string of the molecule is C=C(C(=O)OC(=O)C1(O)CCCCC1O)c1c(C)cc(C)cc1C. The maximum Gasteiger partial charge on any atom is 0.348 e. The Labute approximate surface area is 142 Å². The average molecular weight is 332 g/mol. The van der Waals surface area contributed by atoms with Crippen LogP contribution in [0.4, 0.5) is 0 Å². The molecule has 24 heavy (non-hydrogen) atoms. The summed E-state index contributed by atoms with van der Waals surface area (Å²) < 4.78 is 4.83. The molecule has 0 radical (unpaired) electrons. The number of aryl methyl sites for hydroxylation is 3. The summed E-state index contributed by atoms with van der Waals surface area (Å²) in [5.41, 5.74) is 1.45. The number of aliphatic hydroxyl groups excluding tert-OH is 1. The predicted octanol–water partition coefficient (Wildman–Crippen LogP) is 2.36. The number of ether oxygens (including phenoxy) is 1. The normalized spacial score (nSPS) is 23.6. The molecule has 0 bridgehead atoms. The molecule has 2 N–H and O–H groups in total. The molecule has 1 aliphatic rings. The fourth-order valence-electron chi connectivity index (χ4n) is 3.37. The maximum absolute atomic E-state index is 12.3. The largest absolute Gasteiger partial charge is 0.389 e. The summed E-state index contributed by atoms with van der Waals surface area (Å²) in [6, 6.07) is 3.84. The Morgan fingerprint density at radius 1 is 1.21 bits per heavy atom. The number of esters is 2. The first-order chi connectivity index (χ1) is 11.2. The second kappa shape index (κ2) is 6.87. The Hall–Kier alpha value is -1.98. The van der Waals surface area contributed by atoms with E-state index in [1.165, 1.54) is 0 Å². The van der Waals surface area contributed by atoms with Crippen LogP contribution in [0.2, 0.25) is 0 Å². The first-order valence-electron chi connectivity index (χ1n) is 8.11. The van der Waals surface area contributed by atoms with E-state index in [1.54, 1.807) is 0 Å². The molecule has 0 heterocycles. The third kappa shape index (κ3) is 3.42. The molecule has 130 valence electrons. The fraction of sp³-hybridized carbons (Fsp3) is 0.474. The van der Waals surface area contributed by atoms with E-state index in [-0.39, 0.29) is 12.0 Å². The number of carbonyl (C=O) groups is 2. The van der Waals surface area contributed by atoms with E-state index in [4.69, 9.17) is 4.74 Å². The highest BCUT2D eigenvalue weighted by Gasteiger charge is 2.47. The summed E-state index contributed by atoms with van der Waals surface area (Å²) in [5.74, 6) is -2.01. The van der Waals surface area contributed by atoms with E-state index < -0.39 is 23.6 Å². The van der Waals surface area contributed by atoms with Crippen molar-refractivity contribution in [2.45, 2.75) is 58.2 Å². The second-order valence-corrected chi connectivity index (χ2v) is 6.62. The van der Waals surface area contributed by atoms with Gasteiger partial charge < -0.3 is 14.9 Å². The van der Waals surface area contributed by atoms with Gasteiger partial charge >= 0.3 is 11.9 Å². The molecule has 2 unspecified atom stereocenters. The molecular weight excluding hydrogens is 308 g/mol. The van der Waals surface area contributed by atoms with Gasteiger partial charge in [-0.1, -0.05) is 30.7 Å². The monoisotopic (exact) mass is 332 g/mol. The third-order valence-corrected chi connectivity index (χ3v) is 4.60. The lowest BCUT2D eigenvalue weighted by atomic mass is 9.82. The number of hydrogen-bond donors (Lipinski definition) is 2. The van der Waals surface area contributed by atoms with Gasteiger partial charge in [0.05, 0.1) is 11.7 Å². The van der Waals surface area contributed by atoms with E-state index in [0.717, 1.165) is 23.1 Å². The Morgan fingerprint density at radius 3 is 2.33 bits per heavy atom. The molecule has 0 aromatic heterocycles. The molecule has 0 amide bonds. The van der Waals surface area contributed by atoms with Crippen molar-refractivity contribution in [3.05, 3.63) is 41.0 Å². The number of hydrogen-bond acceptors (Lipinski definition) is 5. The van der Waals surface area contributed by atoms with Crippen molar-refractivity contribution in [2.75, 3.05) is 0 Å². The molecule has 1 fully saturated rings. The predicted molar refractivity (Wildman–Crippen MR) is 90.2 cm³/mol. The van der Waals surface area contributed by atoms with Crippen molar-refractivity contribution < 1.29 is 24.5 Å². The van der Waals surface area contributed by atoms with Crippen LogP contribution in [0.3, 0.4) is 0 Å². The molecule has 0 aliphatic heterocycles. The lowest BCUT2D eigenvalue weighted by molar-refractivity contribution is -0.185. The minimum Gasteiger partial charge on any atom is -0.389 e. The zero-order valence-corrected chi connectivity index (χ0v) is 14.4. The molecule has 1 aliphatic carbocycles. The van der Waals surface area contributed by atoms with Crippen LogP contribution >= 0.6 is 0 Å². The van der Waals surface area contributed by atoms with E-state index in [2.05, 4.69) is 6.58 Å². The number of carbonyl (C=O) groups excluding carboxylic acids is 2. The second-order valence-electron chi connectivity index (χ2n) is 6.62. The van der Waals surface area contributed by atoms with E-state index in [1.807, 2.05) is 32.9 Å². The van der Waals surface area contributed by atoms with Crippen LogP contribution in [0.25, 0.3) is 5.57 Å².